The maximum absolute atomic E-state index is 10.4. The molecule has 0 spiro atoms. The van der Waals surface area contributed by atoms with Gasteiger partial charge in [0.05, 0.1) is 16.2 Å². The third-order valence-electron chi connectivity index (χ3n) is 4.57. The molecule has 1 atom stereocenters. The molecule has 0 aliphatic rings. The van der Waals surface area contributed by atoms with Crippen LogP contribution >= 0.6 is 0 Å². The fourth-order valence-electron chi connectivity index (χ4n) is 3.02. The molecule has 0 saturated carbocycles. The molecule has 146 valence electrons. The molecule has 4 nitrogen and oxygen atoms in total. The van der Waals surface area contributed by atoms with Gasteiger partial charge in [0.25, 0.3) is 0 Å². The van der Waals surface area contributed by atoms with Gasteiger partial charge in [0.15, 0.2) is 0 Å². The molecule has 0 fully saturated rings. The van der Waals surface area contributed by atoms with E-state index in [2.05, 4.69) is 6.92 Å². The van der Waals surface area contributed by atoms with Crippen molar-refractivity contribution in [1.82, 2.24) is 0 Å². The predicted molar refractivity (Wildman–Crippen MR) is 100 cm³/mol. The SMILES string of the molecule is CCCCCCCCCCCC(O)CCCCCCCS(=O)(=O)[O-].[K+]. The Labute approximate surface area is 199 Å². The van der Waals surface area contributed by atoms with Crippen molar-refractivity contribution in [3.63, 3.8) is 0 Å². The molecule has 6 heteroatoms. The maximum atomic E-state index is 10.4. The van der Waals surface area contributed by atoms with Crippen LogP contribution in [0.3, 0.4) is 0 Å². The first-order valence-electron chi connectivity index (χ1n) is 10.1. The second kappa shape index (κ2) is 20.2. The van der Waals surface area contributed by atoms with Gasteiger partial charge in [0.2, 0.25) is 0 Å². The number of hydrogen-bond donors (Lipinski definition) is 1. The van der Waals surface area contributed by atoms with Crippen molar-refractivity contribution in [2.45, 2.75) is 116 Å². The number of rotatable bonds is 18. The van der Waals surface area contributed by atoms with Crippen LogP contribution in [0, 0.1) is 0 Å². The van der Waals surface area contributed by atoms with Crippen LogP contribution in [0.2, 0.25) is 0 Å². The molecule has 0 rings (SSSR count). The minimum atomic E-state index is -4.04. The Bertz CT molecular complexity index is 360. The normalized spacial score (nSPS) is 12.8. The summed E-state index contributed by atoms with van der Waals surface area (Å²) in [5.41, 5.74) is 0. The van der Waals surface area contributed by atoms with Crippen LogP contribution in [-0.4, -0.2) is 29.9 Å². The van der Waals surface area contributed by atoms with Crippen LogP contribution < -0.4 is 51.4 Å². The molecule has 25 heavy (non-hydrogen) atoms. The zero-order valence-corrected chi connectivity index (χ0v) is 20.6. The standard InChI is InChI=1S/C19H40O4S.K/c1-2-3-4-5-6-7-8-10-13-16-19(20)17-14-11-9-12-15-18-24(21,22)23;/h19-20H,2-18H2,1H3,(H,21,22,23);/q;+1/p-1. The van der Waals surface area contributed by atoms with Gasteiger partial charge in [-0.15, -0.1) is 0 Å². The van der Waals surface area contributed by atoms with Crippen molar-refractivity contribution in [2.24, 2.45) is 0 Å². The molecule has 0 aliphatic heterocycles. The van der Waals surface area contributed by atoms with Crippen molar-refractivity contribution >= 4 is 10.1 Å². The summed E-state index contributed by atoms with van der Waals surface area (Å²) < 4.78 is 31.3. The average Bonchev–Trinajstić information content (AvgIpc) is 2.51. The summed E-state index contributed by atoms with van der Waals surface area (Å²) in [6.45, 7) is 2.24. The Hall–Kier alpha value is 1.51. The molecule has 0 amide bonds. The first kappa shape index (κ1) is 28.7. The summed E-state index contributed by atoms with van der Waals surface area (Å²) in [5.74, 6) is -0.242. The molecular weight excluding hydrogens is 363 g/mol. The van der Waals surface area contributed by atoms with Crippen LogP contribution in [-0.2, 0) is 10.1 Å². The summed E-state index contributed by atoms with van der Waals surface area (Å²) in [6, 6.07) is 0. The summed E-state index contributed by atoms with van der Waals surface area (Å²) in [6.07, 6.45) is 17.5. The first-order valence-corrected chi connectivity index (χ1v) is 11.6. The Kier molecular flexibility index (Phi) is 23.3. The molecule has 1 N–H and O–H groups in total. The van der Waals surface area contributed by atoms with Crippen molar-refractivity contribution < 1.29 is 69.5 Å². The van der Waals surface area contributed by atoms with Crippen molar-refractivity contribution in [2.75, 3.05) is 5.75 Å². The van der Waals surface area contributed by atoms with Gasteiger partial charge in [-0.3, -0.25) is 0 Å². The summed E-state index contributed by atoms with van der Waals surface area (Å²) in [5, 5.41) is 9.94. The van der Waals surface area contributed by atoms with Gasteiger partial charge in [-0.1, -0.05) is 90.4 Å². The Balaban J connectivity index is 0. The summed E-state index contributed by atoms with van der Waals surface area (Å²) in [4.78, 5) is 0. The summed E-state index contributed by atoms with van der Waals surface area (Å²) in [7, 11) is -4.04. The zero-order chi connectivity index (χ0) is 18.1. The smallest absolute Gasteiger partial charge is 0.748 e. The predicted octanol–water partition coefficient (Wildman–Crippen LogP) is 2.16. The second-order valence-corrected chi connectivity index (χ2v) is 8.61. The van der Waals surface area contributed by atoms with Crippen LogP contribution in [0.1, 0.15) is 110 Å². The fourth-order valence-corrected chi connectivity index (χ4v) is 3.58. The third kappa shape index (κ3) is 25.5. The van der Waals surface area contributed by atoms with Gasteiger partial charge in [0, 0.05) is 5.75 Å². The van der Waals surface area contributed by atoms with E-state index < -0.39 is 10.1 Å². The van der Waals surface area contributed by atoms with E-state index in [4.69, 9.17) is 0 Å². The van der Waals surface area contributed by atoms with E-state index in [0.717, 1.165) is 44.9 Å². The molecule has 0 radical (unpaired) electrons. The van der Waals surface area contributed by atoms with E-state index in [1.54, 1.807) is 0 Å². The molecule has 1 unspecified atom stereocenters. The van der Waals surface area contributed by atoms with Crippen molar-refractivity contribution in [1.29, 1.82) is 0 Å². The fraction of sp³-hybridized carbons (Fsp3) is 1.00. The van der Waals surface area contributed by atoms with E-state index in [0.29, 0.717) is 6.42 Å². The monoisotopic (exact) mass is 402 g/mol. The Morgan fingerprint density at radius 1 is 0.720 bits per heavy atom. The molecule has 0 saturated heterocycles. The molecule has 0 bridgehead atoms. The molecule has 0 aromatic carbocycles. The molecule has 0 aromatic rings. The van der Waals surface area contributed by atoms with Crippen molar-refractivity contribution in [3.05, 3.63) is 0 Å². The molecule has 0 aliphatic carbocycles. The average molecular weight is 403 g/mol. The Morgan fingerprint density at radius 2 is 1.08 bits per heavy atom. The molecule has 0 heterocycles. The third-order valence-corrected chi connectivity index (χ3v) is 5.36. The minimum Gasteiger partial charge on any atom is -0.748 e. The summed E-state index contributed by atoms with van der Waals surface area (Å²) >= 11 is 0. The van der Waals surface area contributed by atoms with Gasteiger partial charge in [0.1, 0.15) is 0 Å². The number of aliphatic hydroxyl groups excluding tert-OH is 1. The van der Waals surface area contributed by atoms with Crippen LogP contribution in [0.5, 0.6) is 0 Å². The van der Waals surface area contributed by atoms with Gasteiger partial charge >= 0.3 is 51.4 Å². The van der Waals surface area contributed by atoms with E-state index >= 15 is 0 Å². The first-order chi connectivity index (χ1) is 11.5. The largest absolute Gasteiger partial charge is 1.00 e. The number of hydrogen-bond acceptors (Lipinski definition) is 4. The zero-order valence-electron chi connectivity index (χ0n) is 16.7. The van der Waals surface area contributed by atoms with Gasteiger partial charge < -0.3 is 9.66 Å². The van der Waals surface area contributed by atoms with Gasteiger partial charge in [-0.25, -0.2) is 8.42 Å². The van der Waals surface area contributed by atoms with E-state index in [1.807, 2.05) is 0 Å². The maximum Gasteiger partial charge on any atom is 1.00 e. The quantitative estimate of drug-likeness (QED) is 0.216. The number of unbranched alkanes of at least 4 members (excludes halogenated alkanes) is 12. The van der Waals surface area contributed by atoms with Crippen LogP contribution in [0.25, 0.3) is 0 Å². The van der Waals surface area contributed by atoms with Crippen LogP contribution in [0.4, 0.5) is 0 Å². The second-order valence-electron chi connectivity index (χ2n) is 7.09. The molecular formula is C19H39KO4S. The number of aliphatic hydroxyl groups is 1. The minimum absolute atomic E-state index is 0. The topological polar surface area (TPSA) is 77.4 Å². The molecule has 0 aromatic heterocycles. The van der Waals surface area contributed by atoms with Gasteiger partial charge in [-0.2, -0.15) is 0 Å². The Morgan fingerprint density at radius 3 is 1.48 bits per heavy atom. The van der Waals surface area contributed by atoms with Gasteiger partial charge in [-0.05, 0) is 19.3 Å². The van der Waals surface area contributed by atoms with Crippen molar-refractivity contribution in [3.8, 4) is 0 Å². The van der Waals surface area contributed by atoms with E-state index in [9.17, 15) is 18.1 Å². The van der Waals surface area contributed by atoms with E-state index in [-0.39, 0.29) is 63.2 Å². The van der Waals surface area contributed by atoms with Crippen LogP contribution in [0.15, 0.2) is 0 Å². The van der Waals surface area contributed by atoms with E-state index in [1.165, 1.54) is 51.4 Å².